The number of aromatic amines is 1. The van der Waals surface area contributed by atoms with Gasteiger partial charge in [0.1, 0.15) is 5.82 Å². The van der Waals surface area contributed by atoms with Crippen molar-refractivity contribution in [1.82, 2.24) is 29.5 Å². The quantitative estimate of drug-likeness (QED) is 0.412. The van der Waals surface area contributed by atoms with Gasteiger partial charge in [0.05, 0.1) is 11.4 Å². The Bertz CT molecular complexity index is 1230. The molecule has 8 nitrogen and oxygen atoms in total. The Morgan fingerprint density at radius 3 is 2.77 bits per heavy atom. The number of para-hydroxylation sites is 1. The molecule has 1 atom stereocenters. The highest BCUT2D eigenvalue weighted by Gasteiger charge is 2.32. The molecular weight excluding hydrogens is 410 g/mol. The fourth-order valence-corrected chi connectivity index (χ4v) is 4.64. The highest BCUT2D eigenvalue weighted by molar-refractivity contribution is 8.00. The monoisotopic (exact) mass is 435 g/mol. The summed E-state index contributed by atoms with van der Waals surface area (Å²) in [7, 11) is 0. The lowest BCUT2D eigenvalue weighted by Gasteiger charge is -2.15. The summed E-state index contributed by atoms with van der Waals surface area (Å²) in [5, 5.41) is 17.8. The van der Waals surface area contributed by atoms with Crippen LogP contribution in [-0.2, 0) is 4.79 Å². The first-order valence-electron chi connectivity index (χ1n) is 10.6. The van der Waals surface area contributed by atoms with Gasteiger partial charge in [0.2, 0.25) is 5.91 Å². The molecule has 9 heteroatoms. The third-order valence-electron chi connectivity index (χ3n) is 5.47. The van der Waals surface area contributed by atoms with E-state index in [0.29, 0.717) is 11.9 Å². The van der Waals surface area contributed by atoms with Crippen LogP contribution in [-0.4, -0.2) is 40.7 Å². The van der Waals surface area contributed by atoms with Crippen LogP contribution in [0.2, 0.25) is 0 Å². The first-order chi connectivity index (χ1) is 15.0. The van der Waals surface area contributed by atoms with Gasteiger partial charge in [-0.25, -0.2) is 4.68 Å². The van der Waals surface area contributed by atoms with E-state index in [2.05, 4.69) is 42.3 Å². The molecule has 5 rings (SSSR count). The number of rotatable bonds is 7. The van der Waals surface area contributed by atoms with Gasteiger partial charge in [-0.1, -0.05) is 30.0 Å². The van der Waals surface area contributed by atoms with Crippen LogP contribution in [0.5, 0.6) is 0 Å². The average Bonchev–Trinajstić information content (AvgIpc) is 3.14. The van der Waals surface area contributed by atoms with Crippen LogP contribution >= 0.6 is 11.8 Å². The Morgan fingerprint density at radius 2 is 2.00 bits per heavy atom. The number of anilines is 1. The van der Waals surface area contributed by atoms with Crippen LogP contribution in [0.4, 0.5) is 5.82 Å². The molecule has 1 amide bonds. The van der Waals surface area contributed by atoms with Gasteiger partial charge in [0, 0.05) is 40.8 Å². The Kier molecular flexibility index (Phi) is 5.05. The molecule has 1 aromatic carbocycles. The zero-order valence-corrected chi connectivity index (χ0v) is 18.6. The Labute approximate surface area is 184 Å². The van der Waals surface area contributed by atoms with Crippen molar-refractivity contribution in [2.75, 3.05) is 5.32 Å². The summed E-state index contributed by atoms with van der Waals surface area (Å²) < 4.78 is 4.00. The van der Waals surface area contributed by atoms with Crippen molar-refractivity contribution in [3.8, 4) is 11.4 Å². The molecule has 0 bridgehead atoms. The minimum Gasteiger partial charge on any atom is -0.360 e. The van der Waals surface area contributed by atoms with Gasteiger partial charge >= 0.3 is 0 Å². The lowest BCUT2D eigenvalue weighted by Crippen LogP contribution is -2.25. The number of carbonyl (C=O) groups excluding carboxylic acids is 1. The minimum absolute atomic E-state index is 0.0774. The highest BCUT2D eigenvalue weighted by atomic mass is 32.2. The molecular formula is C22H25N7OS. The summed E-state index contributed by atoms with van der Waals surface area (Å²) in [6.45, 7) is 5.96. The van der Waals surface area contributed by atoms with E-state index in [9.17, 15) is 4.79 Å². The van der Waals surface area contributed by atoms with Gasteiger partial charge in [-0.05, 0) is 39.7 Å². The Balaban J connectivity index is 1.40. The maximum atomic E-state index is 12.9. The van der Waals surface area contributed by atoms with Crippen LogP contribution in [0, 0.1) is 0 Å². The number of benzene rings is 1. The summed E-state index contributed by atoms with van der Waals surface area (Å²) in [5.74, 6) is 1.48. The van der Waals surface area contributed by atoms with E-state index < -0.39 is 0 Å². The second kappa shape index (κ2) is 7.88. The number of hydrogen-bond acceptors (Lipinski definition) is 5. The molecule has 4 aromatic rings. The van der Waals surface area contributed by atoms with Crippen molar-refractivity contribution in [2.24, 2.45) is 0 Å². The van der Waals surface area contributed by atoms with Crippen LogP contribution in [0.1, 0.15) is 45.7 Å². The highest BCUT2D eigenvalue weighted by Crippen LogP contribution is 2.42. The van der Waals surface area contributed by atoms with Crippen molar-refractivity contribution in [1.29, 1.82) is 0 Å². The lowest BCUT2D eigenvalue weighted by molar-refractivity contribution is -0.115. The average molecular weight is 436 g/mol. The molecule has 1 saturated carbocycles. The van der Waals surface area contributed by atoms with Crippen molar-refractivity contribution < 1.29 is 4.79 Å². The normalized spacial score (nSPS) is 15.0. The molecule has 31 heavy (non-hydrogen) atoms. The van der Waals surface area contributed by atoms with Gasteiger partial charge in [0.15, 0.2) is 11.0 Å². The number of fused-ring (bicyclic) bond motifs is 1. The first kappa shape index (κ1) is 19.9. The number of amides is 1. The summed E-state index contributed by atoms with van der Waals surface area (Å²) >= 11 is 1.44. The predicted molar refractivity (Wildman–Crippen MR) is 122 cm³/mol. The van der Waals surface area contributed by atoms with Crippen molar-refractivity contribution >= 4 is 34.4 Å². The molecule has 3 aromatic heterocycles. The van der Waals surface area contributed by atoms with E-state index >= 15 is 0 Å². The number of aromatic nitrogens is 6. The first-order valence-corrected chi connectivity index (χ1v) is 11.4. The minimum atomic E-state index is -0.326. The molecule has 0 aliphatic heterocycles. The topological polar surface area (TPSA) is 93.4 Å². The molecule has 1 aliphatic carbocycles. The van der Waals surface area contributed by atoms with E-state index in [1.165, 1.54) is 11.8 Å². The molecule has 1 aliphatic rings. The predicted octanol–water partition coefficient (Wildman–Crippen LogP) is 4.66. The Morgan fingerprint density at radius 1 is 1.19 bits per heavy atom. The third kappa shape index (κ3) is 3.74. The van der Waals surface area contributed by atoms with Gasteiger partial charge in [0.25, 0.3) is 0 Å². The van der Waals surface area contributed by atoms with E-state index in [4.69, 9.17) is 0 Å². The zero-order chi connectivity index (χ0) is 21.5. The molecule has 2 N–H and O–H groups in total. The van der Waals surface area contributed by atoms with Crippen LogP contribution in [0.25, 0.3) is 22.3 Å². The maximum Gasteiger partial charge on any atom is 0.238 e. The molecule has 0 radical (unpaired) electrons. The lowest BCUT2D eigenvalue weighted by atomic mass is 10.1. The van der Waals surface area contributed by atoms with Crippen LogP contribution in [0.15, 0.2) is 47.9 Å². The summed E-state index contributed by atoms with van der Waals surface area (Å²) in [6.07, 6.45) is 5.90. The molecule has 0 spiro atoms. The molecule has 1 fully saturated rings. The van der Waals surface area contributed by atoms with Gasteiger partial charge < -0.3 is 10.3 Å². The standard InChI is InChI=1S/C22H25N7OS/c1-13(2)29-19(10-11-24-29)25-21(30)14(3)31-22-27-26-20(28(22)15-8-9-15)17-12-23-18-7-5-4-6-16(17)18/h4-7,10-15,23H,8-9H2,1-3H3,(H,25,30)/t14-/m1/s1. The molecule has 3 heterocycles. The van der Waals surface area contributed by atoms with Gasteiger partial charge in [-0.3, -0.25) is 9.36 Å². The molecule has 0 unspecified atom stereocenters. The van der Waals surface area contributed by atoms with Gasteiger partial charge in [-0.15, -0.1) is 10.2 Å². The van der Waals surface area contributed by atoms with Gasteiger partial charge in [-0.2, -0.15) is 5.10 Å². The number of nitrogens with one attached hydrogen (secondary N) is 2. The Hall–Kier alpha value is -3.07. The van der Waals surface area contributed by atoms with Crippen LogP contribution in [0.3, 0.4) is 0 Å². The fraction of sp³-hybridized carbons (Fsp3) is 0.364. The second-order valence-corrected chi connectivity index (χ2v) is 9.47. The number of hydrogen-bond donors (Lipinski definition) is 2. The van der Waals surface area contributed by atoms with E-state index in [1.807, 2.05) is 45.2 Å². The van der Waals surface area contributed by atoms with Crippen molar-refractivity contribution in [2.45, 2.75) is 56.1 Å². The maximum absolute atomic E-state index is 12.9. The van der Waals surface area contributed by atoms with Crippen molar-refractivity contribution in [3.63, 3.8) is 0 Å². The summed E-state index contributed by atoms with van der Waals surface area (Å²) in [4.78, 5) is 16.2. The summed E-state index contributed by atoms with van der Waals surface area (Å²) in [6, 6.07) is 10.6. The smallest absolute Gasteiger partial charge is 0.238 e. The second-order valence-electron chi connectivity index (χ2n) is 8.16. The van der Waals surface area contributed by atoms with E-state index in [0.717, 1.165) is 40.3 Å². The number of nitrogens with zero attached hydrogens (tertiary/aromatic N) is 5. The molecule has 160 valence electrons. The number of H-pyrrole nitrogens is 1. The third-order valence-corrected chi connectivity index (χ3v) is 6.53. The van der Waals surface area contributed by atoms with E-state index in [1.54, 1.807) is 10.9 Å². The largest absolute Gasteiger partial charge is 0.360 e. The zero-order valence-electron chi connectivity index (χ0n) is 17.7. The number of thioether (sulfide) groups is 1. The van der Waals surface area contributed by atoms with E-state index in [-0.39, 0.29) is 17.2 Å². The fourth-order valence-electron chi connectivity index (χ4n) is 3.72. The van der Waals surface area contributed by atoms with Crippen molar-refractivity contribution in [3.05, 3.63) is 42.7 Å². The molecule has 0 saturated heterocycles. The SMILES string of the molecule is CC(C)n1nccc1NC(=O)[C@@H](C)Sc1nnc(-c2c[nH]c3ccccc23)n1C1CC1. The van der Waals surface area contributed by atoms with Crippen LogP contribution < -0.4 is 5.32 Å². The summed E-state index contributed by atoms with van der Waals surface area (Å²) in [5.41, 5.74) is 2.12. The number of carbonyl (C=O) groups is 1.